The van der Waals surface area contributed by atoms with Gasteiger partial charge in [-0.05, 0) is 25.0 Å². The Labute approximate surface area is 149 Å². The summed E-state index contributed by atoms with van der Waals surface area (Å²) in [5.41, 5.74) is 0. The Morgan fingerprint density at radius 1 is 1.36 bits per heavy atom. The first-order valence-electron chi connectivity index (χ1n) is 8.63. The first kappa shape index (κ1) is 16.3. The van der Waals surface area contributed by atoms with Gasteiger partial charge < -0.3 is 14.6 Å². The van der Waals surface area contributed by atoms with Crippen LogP contribution in [0.3, 0.4) is 0 Å². The molecule has 1 unspecified atom stereocenters. The second kappa shape index (κ2) is 6.95. The van der Waals surface area contributed by atoms with Crippen molar-refractivity contribution in [3.05, 3.63) is 29.2 Å². The normalized spacial score (nSPS) is 21.2. The molecule has 3 heterocycles. The molecule has 2 aromatic heterocycles. The number of aromatic nitrogens is 2. The first-order valence-corrected chi connectivity index (χ1v) is 9.45. The molecular weight excluding hydrogens is 340 g/mol. The summed E-state index contributed by atoms with van der Waals surface area (Å²) in [6.45, 7) is 0.805. The van der Waals surface area contributed by atoms with Gasteiger partial charge in [-0.3, -0.25) is 9.59 Å². The number of amides is 2. The molecule has 2 fully saturated rings. The van der Waals surface area contributed by atoms with Crippen molar-refractivity contribution in [1.29, 1.82) is 0 Å². The molecule has 1 atom stereocenters. The van der Waals surface area contributed by atoms with Crippen molar-refractivity contribution in [3.8, 4) is 0 Å². The van der Waals surface area contributed by atoms with E-state index in [2.05, 4.69) is 15.5 Å². The molecule has 1 aliphatic heterocycles. The van der Waals surface area contributed by atoms with E-state index in [0.717, 1.165) is 23.6 Å². The topological polar surface area (TPSA) is 88.3 Å². The molecule has 2 amide bonds. The van der Waals surface area contributed by atoms with Gasteiger partial charge in [0.05, 0.1) is 18.7 Å². The van der Waals surface area contributed by atoms with Gasteiger partial charge in [0.15, 0.2) is 0 Å². The molecule has 0 spiro atoms. The van der Waals surface area contributed by atoms with E-state index in [4.69, 9.17) is 4.42 Å². The fourth-order valence-corrected chi connectivity index (χ4v) is 4.44. The number of nitrogens with one attached hydrogen (secondary N) is 1. The molecule has 25 heavy (non-hydrogen) atoms. The van der Waals surface area contributed by atoms with E-state index >= 15 is 0 Å². The van der Waals surface area contributed by atoms with Gasteiger partial charge in [-0.15, -0.1) is 10.2 Å². The van der Waals surface area contributed by atoms with Gasteiger partial charge in [-0.2, -0.15) is 0 Å². The highest BCUT2D eigenvalue weighted by atomic mass is 32.1. The Morgan fingerprint density at radius 2 is 2.20 bits per heavy atom. The third-order valence-electron chi connectivity index (χ3n) is 4.89. The van der Waals surface area contributed by atoms with E-state index in [1.165, 1.54) is 24.2 Å². The van der Waals surface area contributed by atoms with E-state index in [9.17, 15) is 9.59 Å². The molecule has 1 N–H and O–H groups in total. The van der Waals surface area contributed by atoms with E-state index in [1.54, 1.807) is 17.2 Å². The van der Waals surface area contributed by atoms with E-state index in [1.807, 2.05) is 6.07 Å². The van der Waals surface area contributed by atoms with Gasteiger partial charge in [0.2, 0.25) is 16.9 Å². The number of hydrogen-bond acceptors (Lipinski definition) is 6. The van der Waals surface area contributed by atoms with Gasteiger partial charge in [0.1, 0.15) is 10.8 Å². The van der Waals surface area contributed by atoms with Crippen LogP contribution in [0.25, 0.3) is 0 Å². The number of furan rings is 1. The van der Waals surface area contributed by atoms with E-state index in [-0.39, 0.29) is 24.2 Å². The third kappa shape index (κ3) is 3.58. The van der Waals surface area contributed by atoms with Crippen LogP contribution in [0.1, 0.15) is 48.8 Å². The molecule has 2 aromatic rings. The number of likely N-dealkylation sites (tertiary alicyclic amines) is 1. The number of carbonyl (C=O) groups is 2. The summed E-state index contributed by atoms with van der Waals surface area (Å²) >= 11 is 1.45. The predicted octanol–water partition coefficient (Wildman–Crippen LogP) is 2.78. The fourth-order valence-electron chi connectivity index (χ4n) is 3.52. The monoisotopic (exact) mass is 360 g/mol. The second-order valence-electron chi connectivity index (χ2n) is 6.67. The van der Waals surface area contributed by atoms with Crippen LogP contribution in [0.4, 0.5) is 5.13 Å². The largest absolute Gasteiger partial charge is 0.467 e. The standard InChI is InChI=1S/C17H20N4O3S/c22-14-8-12(9-21(14)10-13-6-3-7-24-13)15(23)18-17-20-19-16(25-17)11-4-1-2-5-11/h3,6-7,11-12H,1-2,4-5,8-10H2,(H,18,20,23). The van der Waals surface area contributed by atoms with E-state index < -0.39 is 0 Å². The van der Waals surface area contributed by atoms with Crippen molar-refractivity contribution in [1.82, 2.24) is 15.1 Å². The summed E-state index contributed by atoms with van der Waals surface area (Å²) in [6.07, 6.45) is 6.59. The van der Waals surface area contributed by atoms with Crippen LogP contribution in [0, 0.1) is 5.92 Å². The van der Waals surface area contributed by atoms with Crippen molar-refractivity contribution in [2.24, 2.45) is 5.92 Å². The predicted molar refractivity (Wildman–Crippen MR) is 92.0 cm³/mol. The molecule has 0 aromatic carbocycles. The minimum atomic E-state index is -0.360. The van der Waals surface area contributed by atoms with Crippen LogP contribution < -0.4 is 5.32 Å². The molecule has 4 rings (SSSR count). The lowest BCUT2D eigenvalue weighted by Gasteiger charge is -2.14. The summed E-state index contributed by atoms with van der Waals surface area (Å²) < 4.78 is 5.28. The first-order chi connectivity index (χ1) is 12.2. The Hall–Kier alpha value is -2.22. The average Bonchev–Trinajstić information content (AvgIpc) is 3.35. The van der Waals surface area contributed by atoms with Crippen LogP contribution in [0.2, 0.25) is 0 Å². The summed E-state index contributed by atoms with van der Waals surface area (Å²) in [5.74, 6) is 0.658. The van der Waals surface area contributed by atoms with Gasteiger partial charge in [0, 0.05) is 18.9 Å². The maximum absolute atomic E-state index is 12.5. The van der Waals surface area contributed by atoms with Crippen LogP contribution in [-0.2, 0) is 16.1 Å². The molecule has 7 nitrogen and oxygen atoms in total. The SMILES string of the molecule is O=C(Nc1nnc(C2CCCC2)s1)C1CC(=O)N(Cc2ccco2)C1. The van der Waals surface area contributed by atoms with Crippen molar-refractivity contribution in [2.75, 3.05) is 11.9 Å². The minimum Gasteiger partial charge on any atom is -0.467 e. The summed E-state index contributed by atoms with van der Waals surface area (Å²) in [5, 5.41) is 12.7. The van der Waals surface area contributed by atoms with Crippen LogP contribution >= 0.6 is 11.3 Å². The van der Waals surface area contributed by atoms with Crippen molar-refractivity contribution >= 4 is 28.3 Å². The van der Waals surface area contributed by atoms with Gasteiger partial charge in [-0.25, -0.2) is 0 Å². The number of rotatable bonds is 5. The summed E-state index contributed by atoms with van der Waals surface area (Å²) in [7, 11) is 0. The van der Waals surface area contributed by atoms with Crippen LogP contribution in [0.15, 0.2) is 22.8 Å². The zero-order chi connectivity index (χ0) is 17.2. The lowest BCUT2D eigenvalue weighted by molar-refractivity contribution is -0.128. The van der Waals surface area contributed by atoms with Gasteiger partial charge in [0.25, 0.3) is 0 Å². The van der Waals surface area contributed by atoms with Crippen molar-refractivity contribution in [3.63, 3.8) is 0 Å². The van der Waals surface area contributed by atoms with Crippen LogP contribution in [0.5, 0.6) is 0 Å². The van der Waals surface area contributed by atoms with Gasteiger partial charge in [-0.1, -0.05) is 24.2 Å². The number of hydrogen-bond donors (Lipinski definition) is 1. The molecular formula is C17H20N4O3S. The Bertz CT molecular complexity index is 752. The lowest BCUT2D eigenvalue weighted by Crippen LogP contribution is -2.27. The minimum absolute atomic E-state index is 0.0274. The number of carbonyl (C=O) groups excluding carboxylic acids is 2. The molecule has 1 saturated heterocycles. The third-order valence-corrected chi connectivity index (χ3v) is 5.89. The molecule has 2 aliphatic rings. The quantitative estimate of drug-likeness (QED) is 0.886. The zero-order valence-corrected chi connectivity index (χ0v) is 14.6. The molecule has 8 heteroatoms. The summed E-state index contributed by atoms with van der Waals surface area (Å²) in [4.78, 5) is 26.2. The Morgan fingerprint density at radius 3 is 2.96 bits per heavy atom. The number of nitrogens with zero attached hydrogens (tertiary/aromatic N) is 3. The summed E-state index contributed by atoms with van der Waals surface area (Å²) in [6, 6.07) is 3.62. The molecule has 0 bridgehead atoms. The van der Waals surface area contributed by atoms with E-state index in [0.29, 0.717) is 24.1 Å². The highest BCUT2D eigenvalue weighted by Crippen LogP contribution is 2.36. The molecule has 1 aliphatic carbocycles. The Balaban J connectivity index is 1.34. The average molecular weight is 360 g/mol. The maximum atomic E-state index is 12.5. The molecule has 0 radical (unpaired) electrons. The molecule has 132 valence electrons. The highest BCUT2D eigenvalue weighted by Gasteiger charge is 2.35. The van der Waals surface area contributed by atoms with Crippen LogP contribution in [-0.4, -0.2) is 33.5 Å². The fraction of sp³-hybridized carbons (Fsp3) is 0.529. The van der Waals surface area contributed by atoms with Gasteiger partial charge >= 0.3 is 0 Å². The second-order valence-corrected chi connectivity index (χ2v) is 7.68. The highest BCUT2D eigenvalue weighted by molar-refractivity contribution is 7.15. The van der Waals surface area contributed by atoms with Crippen molar-refractivity contribution < 1.29 is 14.0 Å². The Kier molecular flexibility index (Phi) is 4.52. The maximum Gasteiger partial charge on any atom is 0.231 e. The molecule has 1 saturated carbocycles. The smallest absolute Gasteiger partial charge is 0.231 e. The zero-order valence-electron chi connectivity index (χ0n) is 13.8. The number of anilines is 1. The van der Waals surface area contributed by atoms with Crippen molar-refractivity contribution in [2.45, 2.75) is 44.6 Å². The lowest BCUT2D eigenvalue weighted by atomic mass is 10.1.